The van der Waals surface area contributed by atoms with E-state index in [1.165, 1.54) is 5.56 Å². The molecule has 7 nitrogen and oxygen atoms in total. The molecule has 1 aliphatic rings. The summed E-state index contributed by atoms with van der Waals surface area (Å²) in [6.07, 6.45) is 3.55. The van der Waals surface area contributed by atoms with Crippen LogP contribution in [-0.4, -0.2) is 54.1 Å². The van der Waals surface area contributed by atoms with Crippen LogP contribution in [-0.2, 0) is 0 Å². The maximum atomic E-state index is 11.8. The highest BCUT2D eigenvalue weighted by Gasteiger charge is 2.22. The first-order valence-electron chi connectivity index (χ1n) is 8.91. The molecule has 3 rings (SSSR count). The van der Waals surface area contributed by atoms with Crippen molar-refractivity contribution in [1.82, 2.24) is 20.2 Å². The van der Waals surface area contributed by atoms with Crippen molar-refractivity contribution in [2.24, 2.45) is 0 Å². The van der Waals surface area contributed by atoms with E-state index in [4.69, 9.17) is 0 Å². The minimum atomic E-state index is -0.0380. The number of nitrogens with one attached hydrogen (secondary N) is 2. The average Bonchev–Trinajstić information content (AvgIpc) is 2.64. The molecule has 2 heterocycles. The summed E-state index contributed by atoms with van der Waals surface area (Å²) in [5.74, 6) is 1.50. The van der Waals surface area contributed by atoms with Crippen LogP contribution >= 0.6 is 0 Å². The van der Waals surface area contributed by atoms with Gasteiger partial charge in [-0.25, -0.2) is 9.78 Å². The molecule has 1 aliphatic heterocycles. The fourth-order valence-corrected chi connectivity index (χ4v) is 2.88. The molecule has 26 heavy (non-hydrogen) atoms. The second-order valence-corrected chi connectivity index (χ2v) is 6.84. The minimum absolute atomic E-state index is 0.0380. The van der Waals surface area contributed by atoms with Gasteiger partial charge in [0.1, 0.15) is 5.82 Å². The predicted molar refractivity (Wildman–Crippen MR) is 104 cm³/mol. The molecule has 0 bridgehead atoms. The normalized spacial score (nSPS) is 14.8. The number of hydrogen-bond donors (Lipinski definition) is 2. The number of benzene rings is 1. The number of urea groups is 1. The third-order valence-electron chi connectivity index (χ3n) is 4.48. The van der Waals surface area contributed by atoms with Crippen molar-refractivity contribution in [1.29, 1.82) is 0 Å². The zero-order valence-corrected chi connectivity index (χ0v) is 15.6. The lowest BCUT2D eigenvalue weighted by molar-refractivity contribution is 0.210. The predicted octanol–water partition coefficient (Wildman–Crippen LogP) is 2.77. The largest absolute Gasteiger partial charge is 0.341 e. The van der Waals surface area contributed by atoms with Gasteiger partial charge in [-0.15, -0.1) is 0 Å². The van der Waals surface area contributed by atoms with Crippen LogP contribution in [0.1, 0.15) is 18.4 Å². The lowest BCUT2D eigenvalue weighted by atomic mass is 10.1. The van der Waals surface area contributed by atoms with E-state index in [0.29, 0.717) is 0 Å². The van der Waals surface area contributed by atoms with Crippen molar-refractivity contribution in [3.05, 3.63) is 42.1 Å². The summed E-state index contributed by atoms with van der Waals surface area (Å²) in [6, 6.07) is 10.2. The lowest BCUT2D eigenvalue weighted by Gasteiger charge is -2.33. The number of amides is 2. The molecule has 0 saturated carbocycles. The van der Waals surface area contributed by atoms with Gasteiger partial charge < -0.3 is 20.4 Å². The van der Waals surface area contributed by atoms with Gasteiger partial charge in [-0.1, -0.05) is 17.7 Å². The molecule has 0 atom stereocenters. The van der Waals surface area contributed by atoms with E-state index >= 15 is 0 Å². The SMILES string of the molecule is Cc1ccc(Nc2ccnc(N3CCC(NC(=O)N(C)C)CC3)n2)cc1. The highest BCUT2D eigenvalue weighted by atomic mass is 16.2. The first-order valence-corrected chi connectivity index (χ1v) is 8.91. The molecule has 2 amide bonds. The number of aryl methyl sites for hydroxylation is 1. The van der Waals surface area contributed by atoms with E-state index in [1.807, 2.05) is 18.2 Å². The van der Waals surface area contributed by atoms with Gasteiger partial charge >= 0.3 is 6.03 Å². The van der Waals surface area contributed by atoms with Gasteiger partial charge in [0, 0.05) is 45.1 Å². The molecule has 2 aromatic rings. The van der Waals surface area contributed by atoms with Crippen LogP contribution in [0.4, 0.5) is 22.2 Å². The summed E-state index contributed by atoms with van der Waals surface area (Å²) in [4.78, 5) is 24.5. The van der Waals surface area contributed by atoms with E-state index in [-0.39, 0.29) is 12.1 Å². The molecular weight excluding hydrogens is 328 g/mol. The van der Waals surface area contributed by atoms with Gasteiger partial charge in [-0.2, -0.15) is 4.98 Å². The monoisotopic (exact) mass is 354 g/mol. The molecule has 138 valence electrons. The Hall–Kier alpha value is -2.83. The zero-order valence-electron chi connectivity index (χ0n) is 15.6. The molecule has 0 radical (unpaired) electrons. The van der Waals surface area contributed by atoms with Gasteiger partial charge in [-0.05, 0) is 38.0 Å². The van der Waals surface area contributed by atoms with Gasteiger partial charge in [-0.3, -0.25) is 0 Å². The molecule has 0 spiro atoms. The van der Waals surface area contributed by atoms with Crippen LogP contribution in [0.5, 0.6) is 0 Å². The Morgan fingerprint density at radius 3 is 2.50 bits per heavy atom. The van der Waals surface area contributed by atoms with Gasteiger partial charge in [0.25, 0.3) is 0 Å². The second kappa shape index (κ2) is 8.03. The Balaban J connectivity index is 1.59. The molecule has 1 aromatic carbocycles. The van der Waals surface area contributed by atoms with Crippen LogP contribution in [0.25, 0.3) is 0 Å². The number of hydrogen-bond acceptors (Lipinski definition) is 5. The Kier molecular flexibility index (Phi) is 5.55. The molecule has 1 saturated heterocycles. The maximum absolute atomic E-state index is 11.8. The van der Waals surface area contributed by atoms with Crippen LogP contribution in [0, 0.1) is 6.92 Å². The van der Waals surface area contributed by atoms with E-state index in [2.05, 4.69) is 44.6 Å². The summed E-state index contributed by atoms with van der Waals surface area (Å²) < 4.78 is 0. The fourth-order valence-electron chi connectivity index (χ4n) is 2.88. The molecule has 7 heteroatoms. The van der Waals surface area contributed by atoms with E-state index < -0.39 is 0 Å². The van der Waals surface area contributed by atoms with E-state index in [0.717, 1.165) is 43.4 Å². The van der Waals surface area contributed by atoms with Crippen molar-refractivity contribution in [2.75, 3.05) is 37.4 Å². The molecule has 0 aliphatic carbocycles. The maximum Gasteiger partial charge on any atom is 0.317 e. The number of nitrogens with zero attached hydrogens (tertiary/aromatic N) is 4. The third kappa shape index (κ3) is 4.62. The highest BCUT2D eigenvalue weighted by molar-refractivity contribution is 5.73. The number of carbonyl (C=O) groups excluding carboxylic acids is 1. The van der Waals surface area contributed by atoms with Crippen LogP contribution in [0.2, 0.25) is 0 Å². The number of piperidine rings is 1. The van der Waals surface area contributed by atoms with Crippen molar-refractivity contribution in [3.63, 3.8) is 0 Å². The molecular formula is C19H26N6O. The minimum Gasteiger partial charge on any atom is -0.341 e. The van der Waals surface area contributed by atoms with Crippen molar-refractivity contribution >= 4 is 23.5 Å². The zero-order chi connectivity index (χ0) is 18.5. The van der Waals surface area contributed by atoms with Gasteiger partial charge in [0.05, 0.1) is 0 Å². The van der Waals surface area contributed by atoms with Crippen LogP contribution in [0.15, 0.2) is 36.5 Å². The number of rotatable bonds is 4. The molecule has 2 N–H and O–H groups in total. The van der Waals surface area contributed by atoms with Gasteiger partial charge in [0.2, 0.25) is 5.95 Å². The van der Waals surface area contributed by atoms with E-state index in [9.17, 15) is 4.79 Å². The van der Waals surface area contributed by atoms with Gasteiger partial charge in [0.15, 0.2) is 0 Å². The van der Waals surface area contributed by atoms with Crippen LogP contribution in [0.3, 0.4) is 0 Å². The lowest BCUT2D eigenvalue weighted by Crippen LogP contribution is -2.47. The standard InChI is InChI=1S/C19H26N6O/c1-14-4-6-15(7-5-14)21-17-8-11-20-18(23-17)25-12-9-16(10-13-25)22-19(26)24(2)3/h4-8,11,16H,9-10,12-13H2,1-3H3,(H,22,26)(H,20,21,23). The Bertz CT molecular complexity index is 738. The summed E-state index contributed by atoms with van der Waals surface area (Å²) in [7, 11) is 3.51. The summed E-state index contributed by atoms with van der Waals surface area (Å²) in [5, 5.41) is 6.36. The van der Waals surface area contributed by atoms with Crippen molar-refractivity contribution in [3.8, 4) is 0 Å². The molecule has 0 unspecified atom stereocenters. The van der Waals surface area contributed by atoms with Crippen LogP contribution < -0.4 is 15.5 Å². The van der Waals surface area contributed by atoms with Crippen molar-refractivity contribution in [2.45, 2.75) is 25.8 Å². The number of anilines is 3. The summed E-state index contributed by atoms with van der Waals surface area (Å²) in [5.41, 5.74) is 2.23. The second-order valence-electron chi connectivity index (χ2n) is 6.84. The average molecular weight is 354 g/mol. The Labute approximate surface area is 154 Å². The Morgan fingerprint density at radius 2 is 1.85 bits per heavy atom. The smallest absolute Gasteiger partial charge is 0.317 e. The first kappa shape index (κ1) is 18.0. The molecule has 1 fully saturated rings. The Morgan fingerprint density at radius 1 is 1.15 bits per heavy atom. The first-order chi connectivity index (χ1) is 12.5. The summed E-state index contributed by atoms with van der Waals surface area (Å²) >= 11 is 0. The topological polar surface area (TPSA) is 73.4 Å². The summed E-state index contributed by atoms with van der Waals surface area (Å²) in [6.45, 7) is 3.72. The van der Waals surface area contributed by atoms with E-state index in [1.54, 1.807) is 25.2 Å². The molecule has 1 aromatic heterocycles. The number of carbonyl (C=O) groups is 1. The van der Waals surface area contributed by atoms with Crippen molar-refractivity contribution < 1.29 is 4.79 Å². The third-order valence-corrected chi connectivity index (χ3v) is 4.48. The highest BCUT2D eigenvalue weighted by Crippen LogP contribution is 2.20. The quantitative estimate of drug-likeness (QED) is 0.883. The fraction of sp³-hybridized carbons (Fsp3) is 0.421. The number of aromatic nitrogens is 2.